The Kier molecular flexibility index (Phi) is 7.71. The molecule has 0 spiro atoms. The van der Waals surface area contributed by atoms with Gasteiger partial charge < -0.3 is 10.0 Å². The molecule has 1 aliphatic heterocycles. The van der Waals surface area contributed by atoms with Crippen LogP contribution in [0.1, 0.15) is 47.4 Å². The zero-order valence-electron chi connectivity index (χ0n) is 23.3. The highest BCUT2D eigenvalue weighted by atomic mass is 16.4. The van der Waals surface area contributed by atoms with Crippen LogP contribution >= 0.6 is 0 Å². The van der Waals surface area contributed by atoms with E-state index in [1.165, 1.54) is 0 Å². The summed E-state index contributed by atoms with van der Waals surface area (Å²) in [6.45, 7) is 3.97. The lowest BCUT2D eigenvalue weighted by Gasteiger charge is -2.37. The highest BCUT2D eigenvalue weighted by Crippen LogP contribution is 2.51. The second kappa shape index (κ2) is 11.7. The first-order valence-electron chi connectivity index (χ1n) is 14.6. The van der Waals surface area contributed by atoms with Crippen LogP contribution in [0.5, 0.6) is 0 Å². The summed E-state index contributed by atoms with van der Waals surface area (Å²) in [5.41, 5.74) is 4.94. The van der Waals surface area contributed by atoms with Crippen molar-refractivity contribution in [2.45, 2.75) is 30.6 Å². The maximum Gasteiger partial charge on any atom is 0.318 e. The summed E-state index contributed by atoms with van der Waals surface area (Å²) in [5, 5.41) is 10.5. The summed E-state index contributed by atoms with van der Waals surface area (Å²) in [5.74, 6) is -0.911. The molecule has 6 rings (SSSR count). The van der Waals surface area contributed by atoms with E-state index in [-0.39, 0.29) is 11.8 Å². The molecule has 1 amide bonds. The van der Waals surface area contributed by atoms with Gasteiger partial charge in [-0.05, 0) is 52.8 Å². The van der Waals surface area contributed by atoms with Gasteiger partial charge in [0, 0.05) is 26.2 Å². The quantitative estimate of drug-likeness (QED) is 0.256. The fourth-order valence-electron chi connectivity index (χ4n) is 6.80. The first kappa shape index (κ1) is 27.0. The summed E-state index contributed by atoms with van der Waals surface area (Å²) in [6, 6.07) is 36.0. The summed E-state index contributed by atoms with van der Waals surface area (Å²) >= 11 is 0. The standard InChI is InChI=1S/C36H36N2O3/c39-34(33(27-13-3-1-4-14-27)28-15-5-2-6-16-28)38-25-23-37(24-26-38)22-12-11-21-36(35(40)41)31-19-9-7-17-29(31)30-18-8-10-20-32(30)36/h1-10,13-20,33H,11-12,21-26H2,(H,40,41). The number of aliphatic carboxylic acids is 1. The van der Waals surface area contributed by atoms with Gasteiger partial charge in [0.1, 0.15) is 5.41 Å². The van der Waals surface area contributed by atoms with Crippen molar-refractivity contribution < 1.29 is 14.7 Å². The Hall–Kier alpha value is -4.22. The van der Waals surface area contributed by atoms with Gasteiger partial charge in [0.15, 0.2) is 0 Å². The number of fused-ring (bicyclic) bond motifs is 3. The van der Waals surface area contributed by atoms with Crippen LogP contribution in [-0.2, 0) is 15.0 Å². The minimum atomic E-state index is -0.998. The number of hydrogen-bond acceptors (Lipinski definition) is 3. The molecule has 1 aliphatic carbocycles. The van der Waals surface area contributed by atoms with Crippen molar-refractivity contribution in [3.8, 4) is 11.1 Å². The van der Waals surface area contributed by atoms with E-state index in [9.17, 15) is 14.7 Å². The van der Waals surface area contributed by atoms with Crippen molar-refractivity contribution >= 4 is 11.9 Å². The van der Waals surface area contributed by atoms with E-state index in [0.717, 1.165) is 65.9 Å². The van der Waals surface area contributed by atoms with Crippen LogP contribution in [0, 0.1) is 0 Å². The molecule has 0 saturated carbocycles. The van der Waals surface area contributed by atoms with Gasteiger partial charge in [0.25, 0.3) is 0 Å². The topological polar surface area (TPSA) is 60.9 Å². The number of benzene rings is 4. The number of carbonyl (C=O) groups excluding carboxylic acids is 1. The fourth-order valence-corrected chi connectivity index (χ4v) is 6.80. The molecule has 208 valence electrons. The zero-order chi connectivity index (χ0) is 28.2. The largest absolute Gasteiger partial charge is 0.480 e. The second-order valence-corrected chi connectivity index (χ2v) is 11.2. The average Bonchev–Trinajstić information content (AvgIpc) is 3.32. The molecule has 4 aromatic carbocycles. The normalized spacial score (nSPS) is 15.9. The molecule has 1 N–H and O–H groups in total. The summed E-state index contributed by atoms with van der Waals surface area (Å²) in [7, 11) is 0. The van der Waals surface area contributed by atoms with E-state index in [1.807, 2.05) is 114 Å². The lowest BCUT2D eigenvalue weighted by atomic mass is 9.74. The van der Waals surface area contributed by atoms with Crippen LogP contribution < -0.4 is 0 Å². The maximum atomic E-state index is 13.8. The Morgan fingerprint density at radius 2 is 1.15 bits per heavy atom. The summed E-state index contributed by atoms with van der Waals surface area (Å²) in [4.78, 5) is 31.0. The van der Waals surface area contributed by atoms with Gasteiger partial charge in [-0.2, -0.15) is 0 Å². The number of carboxylic acids is 1. The maximum absolute atomic E-state index is 13.8. The first-order chi connectivity index (χ1) is 20.1. The van der Waals surface area contributed by atoms with Crippen molar-refractivity contribution in [3.05, 3.63) is 131 Å². The van der Waals surface area contributed by atoms with Crippen LogP contribution in [0.4, 0.5) is 0 Å². The van der Waals surface area contributed by atoms with Gasteiger partial charge in [0.2, 0.25) is 5.91 Å². The number of unbranched alkanes of at least 4 members (excludes halogenated alkanes) is 1. The van der Waals surface area contributed by atoms with Gasteiger partial charge in [-0.1, -0.05) is 116 Å². The van der Waals surface area contributed by atoms with Crippen molar-refractivity contribution in [2.24, 2.45) is 0 Å². The minimum Gasteiger partial charge on any atom is -0.480 e. The second-order valence-electron chi connectivity index (χ2n) is 11.2. The molecular weight excluding hydrogens is 508 g/mol. The smallest absolute Gasteiger partial charge is 0.318 e. The van der Waals surface area contributed by atoms with Gasteiger partial charge in [-0.3, -0.25) is 14.5 Å². The molecule has 0 unspecified atom stereocenters. The Bertz CT molecular complexity index is 1430. The highest BCUT2D eigenvalue weighted by Gasteiger charge is 2.48. The van der Waals surface area contributed by atoms with Crippen LogP contribution in [-0.4, -0.2) is 59.5 Å². The predicted octanol–water partition coefficient (Wildman–Crippen LogP) is 6.18. The number of carbonyl (C=O) groups is 2. The molecule has 0 atom stereocenters. The molecular formula is C36H36N2O3. The third-order valence-electron chi connectivity index (χ3n) is 8.90. The Morgan fingerprint density at radius 3 is 1.66 bits per heavy atom. The number of amides is 1. The Labute approximate surface area is 242 Å². The molecule has 0 aromatic heterocycles. The lowest BCUT2D eigenvalue weighted by Crippen LogP contribution is -2.50. The molecule has 2 aliphatic rings. The Morgan fingerprint density at radius 1 is 0.659 bits per heavy atom. The van der Waals surface area contributed by atoms with Gasteiger partial charge in [-0.25, -0.2) is 0 Å². The minimum absolute atomic E-state index is 0.156. The summed E-state index contributed by atoms with van der Waals surface area (Å²) in [6.07, 6.45) is 2.31. The lowest BCUT2D eigenvalue weighted by molar-refractivity contribution is -0.142. The molecule has 0 radical (unpaired) electrons. The van der Waals surface area contributed by atoms with Crippen LogP contribution in [0.2, 0.25) is 0 Å². The predicted molar refractivity (Wildman–Crippen MR) is 162 cm³/mol. The number of nitrogens with zero attached hydrogens (tertiary/aromatic N) is 2. The number of hydrogen-bond donors (Lipinski definition) is 1. The van der Waals surface area contributed by atoms with E-state index >= 15 is 0 Å². The van der Waals surface area contributed by atoms with Crippen LogP contribution in [0.25, 0.3) is 11.1 Å². The van der Waals surface area contributed by atoms with Crippen molar-refractivity contribution in [1.82, 2.24) is 9.80 Å². The van der Waals surface area contributed by atoms with E-state index in [4.69, 9.17) is 0 Å². The van der Waals surface area contributed by atoms with Gasteiger partial charge >= 0.3 is 5.97 Å². The van der Waals surface area contributed by atoms with Crippen LogP contribution in [0.15, 0.2) is 109 Å². The highest BCUT2D eigenvalue weighted by molar-refractivity contribution is 5.97. The molecule has 5 heteroatoms. The Balaban J connectivity index is 1.07. The number of rotatable bonds is 9. The summed E-state index contributed by atoms with van der Waals surface area (Å²) < 4.78 is 0. The third kappa shape index (κ3) is 5.07. The fraction of sp³-hybridized carbons (Fsp3) is 0.278. The van der Waals surface area contributed by atoms with Crippen molar-refractivity contribution in [2.75, 3.05) is 32.7 Å². The first-order valence-corrected chi connectivity index (χ1v) is 14.6. The molecule has 41 heavy (non-hydrogen) atoms. The average molecular weight is 545 g/mol. The SMILES string of the molecule is O=C(C(c1ccccc1)c1ccccc1)N1CCN(CCCCC2(C(=O)O)c3ccccc3-c3ccccc32)CC1. The third-order valence-corrected chi connectivity index (χ3v) is 8.90. The van der Waals surface area contributed by atoms with Crippen molar-refractivity contribution in [3.63, 3.8) is 0 Å². The van der Waals surface area contributed by atoms with E-state index in [2.05, 4.69) is 4.90 Å². The molecule has 0 bridgehead atoms. The van der Waals surface area contributed by atoms with Gasteiger partial charge in [0.05, 0.1) is 5.92 Å². The number of piperazine rings is 1. The van der Waals surface area contributed by atoms with E-state index in [1.54, 1.807) is 0 Å². The molecule has 1 saturated heterocycles. The van der Waals surface area contributed by atoms with E-state index < -0.39 is 11.4 Å². The molecule has 1 heterocycles. The number of carboxylic acid groups (broad SMARTS) is 1. The van der Waals surface area contributed by atoms with Crippen LogP contribution in [0.3, 0.4) is 0 Å². The van der Waals surface area contributed by atoms with E-state index in [0.29, 0.717) is 19.5 Å². The van der Waals surface area contributed by atoms with Gasteiger partial charge in [-0.15, -0.1) is 0 Å². The molecule has 1 fully saturated rings. The zero-order valence-corrected chi connectivity index (χ0v) is 23.3. The molecule has 4 aromatic rings. The van der Waals surface area contributed by atoms with Crippen molar-refractivity contribution in [1.29, 1.82) is 0 Å². The molecule has 5 nitrogen and oxygen atoms in total. The monoisotopic (exact) mass is 544 g/mol.